The topological polar surface area (TPSA) is 66.4 Å². The van der Waals surface area contributed by atoms with Crippen molar-refractivity contribution >= 4 is 15.5 Å². The summed E-state index contributed by atoms with van der Waals surface area (Å²) in [5, 5.41) is 12.7. The highest BCUT2D eigenvalue weighted by Crippen LogP contribution is 2.23. The summed E-state index contributed by atoms with van der Waals surface area (Å²) in [6.45, 7) is 1.82. The van der Waals surface area contributed by atoms with Crippen LogP contribution in [0.1, 0.15) is 18.4 Å². The van der Waals surface area contributed by atoms with Gasteiger partial charge in [0.1, 0.15) is 5.75 Å². The van der Waals surface area contributed by atoms with Gasteiger partial charge >= 0.3 is 0 Å². The van der Waals surface area contributed by atoms with Crippen LogP contribution in [0.2, 0.25) is 0 Å². The van der Waals surface area contributed by atoms with Gasteiger partial charge in [0, 0.05) is 17.8 Å². The zero-order valence-electron chi connectivity index (χ0n) is 9.81. The molecular formula is C12H17NO3S. The Balaban J connectivity index is 2.08. The fourth-order valence-corrected chi connectivity index (χ4v) is 3.71. The summed E-state index contributed by atoms with van der Waals surface area (Å²) in [5.74, 6) is 0.708. The Morgan fingerprint density at radius 2 is 2.18 bits per heavy atom. The molecule has 1 heterocycles. The monoisotopic (exact) mass is 255 g/mol. The van der Waals surface area contributed by atoms with Gasteiger partial charge in [0.05, 0.1) is 11.5 Å². The molecule has 94 valence electrons. The van der Waals surface area contributed by atoms with Crippen LogP contribution in [0.15, 0.2) is 18.2 Å². The number of hydrogen-bond acceptors (Lipinski definition) is 4. The first-order valence-electron chi connectivity index (χ1n) is 5.73. The van der Waals surface area contributed by atoms with Crippen molar-refractivity contribution in [3.05, 3.63) is 23.8 Å². The molecule has 1 fully saturated rings. The molecule has 2 N–H and O–H groups in total. The van der Waals surface area contributed by atoms with Crippen LogP contribution in [0.3, 0.4) is 0 Å². The molecule has 5 heteroatoms. The van der Waals surface area contributed by atoms with Gasteiger partial charge in [-0.1, -0.05) is 6.07 Å². The van der Waals surface area contributed by atoms with Gasteiger partial charge in [0.25, 0.3) is 0 Å². The third-order valence-corrected chi connectivity index (χ3v) is 4.86. The van der Waals surface area contributed by atoms with Gasteiger partial charge in [0.2, 0.25) is 0 Å². The van der Waals surface area contributed by atoms with Gasteiger partial charge in [-0.3, -0.25) is 0 Å². The summed E-state index contributed by atoms with van der Waals surface area (Å²) in [7, 11) is -2.90. The number of hydrogen-bond donors (Lipinski definition) is 2. The minimum Gasteiger partial charge on any atom is -0.508 e. The van der Waals surface area contributed by atoms with E-state index < -0.39 is 9.84 Å². The fraction of sp³-hybridized carbons (Fsp3) is 0.500. The number of nitrogens with one attached hydrogen (secondary N) is 1. The van der Waals surface area contributed by atoms with Crippen molar-refractivity contribution in [1.82, 2.24) is 0 Å². The Labute approximate surface area is 102 Å². The maximum atomic E-state index is 11.5. The SMILES string of the molecule is Cc1ccc(NC2CCCS(=O)(=O)C2)cc1O. The summed E-state index contributed by atoms with van der Waals surface area (Å²) in [6.07, 6.45) is 1.56. The maximum Gasteiger partial charge on any atom is 0.152 e. The molecule has 1 unspecified atom stereocenters. The predicted molar refractivity (Wildman–Crippen MR) is 68.1 cm³/mol. The molecule has 0 radical (unpaired) electrons. The van der Waals surface area contributed by atoms with Gasteiger partial charge in [0.15, 0.2) is 9.84 Å². The van der Waals surface area contributed by atoms with Crippen molar-refractivity contribution in [3.8, 4) is 5.75 Å². The van der Waals surface area contributed by atoms with Crippen LogP contribution in [-0.2, 0) is 9.84 Å². The second-order valence-corrected chi connectivity index (χ2v) is 6.83. The average molecular weight is 255 g/mol. The Morgan fingerprint density at radius 3 is 2.82 bits per heavy atom. The highest BCUT2D eigenvalue weighted by molar-refractivity contribution is 7.91. The molecule has 17 heavy (non-hydrogen) atoms. The van der Waals surface area contributed by atoms with Crippen LogP contribution in [0, 0.1) is 6.92 Å². The van der Waals surface area contributed by atoms with E-state index in [-0.39, 0.29) is 17.5 Å². The van der Waals surface area contributed by atoms with E-state index in [0.717, 1.165) is 17.7 Å². The van der Waals surface area contributed by atoms with E-state index in [9.17, 15) is 13.5 Å². The van der Waals surface area contributed by atoms with E-state index in [1.54, 1.807) is 6.07 Å². The second kappa shape index (κ2) is 4.56. The van der Waals surface area contributed by atoms with Crippen LogP contribution < -0.4 is 5.32 Å². The number of sulfone groups is 1. The van der Waals surface area contributed by atoms with Gasteiger partial charge in [-0.25, -0.2) is 8.42 Å². The molecule has 1 aromatic carbocycles. The number of benzene rings is 1. The number of aromatic hydroxyl groups is 1. The normalized spacial score (nSPS) is 23.2. The molecule has 0 aromatic heterocycles. The largest absolute Gasteiger partial charge is 0.508 e. The van der Waals surface area contributed by atoms with Crippen LogP contribution in [0.25, 0.3) is 0 Å². The summed E-state index contributed by atoms with van der Waals surface area (Å²) in [6, 6.07) is 5.26. The summed E-state index contributed by atoms with van der Waals surface area (Å²) in [4.78, 5) is 0. The number of phenolic OH excluding ortho intramolecular Hbond substituents is 1. The minimum absolute atomic E-state index is 0.0455. The summed E-state index contributed by atoms with van der Waals surface area (Å²) < 4.78 is 23.0. The summed E-state index contributed by atoms with van der Waals surface area (Å²) >= 11 is 0. The Bertz CT molecular complexity index is 510. The number of rotatable bonds is 2. The molecule has 0 saturated carbocycles. The Kier molecular flexibility index (Phi) is 3.28. The van der Waals surface area contributed by atoms with Crippen molar-refractivity contribution < 1.29 is 13.5 Å². The number of aryl methyl sites for hydroxylation is 1. The van der Waals surface area contributed by atoms with Crippen LogP contribution in [0.5, 0.6) is 5.75 Å². The van der Waals surface area contributed by atoms with Crippen LogP contribution >= 0.6 is 0 Å². The first-order chi connectivity index (χ1) is 7.96. The second-order valence-electron chi connectivity index (χ2n) is 4.60. The van der Waals surface area contributed by atoms with Gasteiger partial charge < -0.3 is 10.4 Å². The lowest BCUT2D eigenvalue weighted by Crippen LogP contribution is -2.34. The lowest BCUT2D eigenvalue weighted by atomic mass is 10.1. The molecule has 0 bridgehead atoms. The van der Waals surface area contributed by atoms with Crippen LogP contribution in [-0.4, -0.2) is 31.1 Å². The molecule has 0 amide bonds. The van der Waals surface area contributed by atoms with Crippen molar-refractivity contribution in [3.63, 3.8) is 0 Å². The van der Waals surface area contributed by atoms with E-state index in [0.29, 0.717) is 12.2 Å². The predicted octanol–water partition coefficient (Wildman–Crippen LogP) is 1.69. The quantitative estimate of drug-likeness (QED) is 0.844. The smallest absolute Gasteiger partial charge is 0.152 e. The van der Waals surface area contributed by atoms with Crippen molar-refractivity contribution in [2.45, 2.75) is 25.8 Å². The molecule has 2 rings (SSSR count). The molecule has 1 saturated heterocycles. The van der Waals surface area contributed by atoms with Crippen molar-refractivity contribution in [2.24, 2.45) is 0 Å². The van der Waals surface area contributed by atoms with E-state index in [4.69, 9.17) is 0 Å². The third kappa shape index (κ3) is 3.12. The average Bonchev–Trinajstić information content (AvgIpc) is 2.22. The standard InChI is InChI=1S/C12H17NO3S/c1-9-4-5-10(7-12(9)14)13-11-3-2-6-17(15,16)8-11/h4-5,7,11,13-14H,2-3,6,8H2,1H3. The molecule has 1 aliphatic rings. The van der Waals surface area contributed by atoms with Crippen molar-refractivity contribution in [1.29, 1.82) is 0 Å². The lowest BCUT2D eigenvalue weighted by molar-refractivity contribution is 0.471. The number of anilines is 1. The van der Waals surface area contributed by atoms with E-state index in [2.05, 4.69) is 5.32 Å². The van der Waals surface area contributed by atoms with Crippen molar-refractivity contribution in [2.75, 3.05) is 16.8 Å². The molecule has 0 spiro atoms. The molecule has 1 aliphatic heterocycles. The highest BCUT2D eigenvalue weighted by atomic mass is 32.2. The zero-order chi connectivity index (χ0) is 12.5. The Morgan fingerprint density at radius 1 is 1.41 bits per heavy atom. The summed E-state index contributed by atoms with van der Waals surface area (Å²) in [5.41, 5.74) is 1.59. The zero-order valence-corrected chi connectivity index (χ0v) is 10.6. The van der Waals surface area contributed by atoms with E-state index in [1.807, 2.05) is 19.1 Å². The van der Waals surface area contributed by atoms with Gasteiger partial charge in [-0.2, -0.15) is 0 Å². The van der Waals surface area contributed by atoms with Crippen LogP contribution in [0.4, 0.5) is 5.69 Å². The third-order valence-electron chi connectivity index (χ3n) is 3.04. The highest BCUT2D eigenvalue weighted by Gasteiger charge is 2.24. The van der Waals surface area contributed by atoms with Gasteiger partial charge in [-0.15, -0.1) is 0 Å². The lowest BCUT2D eigenvalue weighted by Gasteiger charge is -2.24. The number of phenols is 1. The first kappa shape index (κ1) is 12.2. The first-order valence-corrected chi connectivity index (χ1v) is 7.55. The maximum absolute atomic E-state index is 11.5. The van der Waals surface area contributed by atoms with Gasteiger partial charge in [-0.05, 0) is 31.4 Å². The van der Waals surface area contributed by atoms with E-state index >= 15 is 0 Å². The molecule has 1 aromatic rings. The molecule has 4 nitrogen and oxygen atoms in total. The molecule has 0 aliphatic carbocycles. The molecular weight excluding hydrogens is 238 g/mol. The fourth-order valence-electron chi connectivity index (χ4n) is 2.07. The minimum atomic E-state index is -2.90. The Hall–Kier alpha value is -1.23. The van der Waals surface area contributed by atoms with E-state index in [1.165, 1.54) is 0 Å². The molecule has 1 atom stereocenters.